The molecule has 0 aliphatic rings. The summed E-state index contributed by atoms with van der Waals surface area (Å²) in [5, 5.41) is 7.09. The van der Waals surface area contributed by atoms with Crippen LogP contribution in [0.5, 0.6) is 5.75 Å². The molecule has 0 unspecified atom stereocenters. The van der Waals surface area contributed by atoms with Gasteiger partial charge in [-0.05, 0) is 43.2 Å². The fraction of sp³-hybridized carbons (Fsp3) is 0.200. The van der Waals surface area contributed by atoms with Crippen LogP contribution in [0.4, 0.5) is 10.5 Å². The van der Waals surface area contributed by atoms with E-state index in [1.54, 1.807) is 6.20 Å². The summed E-state index contributed by atoms with van der Waals surface area (Å²) in [5.41, 5.74) is 3.40. The van der Waals surface area contributed by atoms with Gasteiger partial charge in [-0.2, -0.15) is 0 Å². The number of pyridine rings is 1. The van der Waals surface area contributed by atoms with E-state index in [-0.39, 0.29) is 6.03 Å². The van der Waals surface area contributed by atoms with Gasteiger partial charge in [0.25, 0.3) is 0 Å². The van der Waals surface area contributed by atoms with Gasteiger partial charge in [0, 0.05) is 11.6 Å². The fourth-order valence-electron chi connectivity index (χ4n) is 2.75. The maximum atomic E-state index is 12.1. The third-order valence-corrected chi connectivity index (χ3v) is 4.21. The van der Waals surface area contributed by atoms with Crippen molar-refractivity contribution in [2.45, 2.75) is 13.8 Å². The number of ether oxygens (including phenoxy) is 1. The number of hydrogen-bond donors (Lipinski definition) is 2. The third-order valence-electron chi connectivity index (χ3n) is 3.91. The van der Waals surface area contributed by atoms with Crippen molar-refractivity contribution < 1.29 is 9.53 Å². The largest absolute Gasteiger partial charge is 0.489 e. The van der Waals surface area contributed by atoms with E-state index in [9.17, 15) is 4.79 Å². The molecule has 0 aliphatic heterocycles. The topological polar surface area (TPSA) is 63.2 Å². The van der Waals surface area contributed by atoms with Crippen LogP contribution in [0.25, 0.3) is 10.9 Å². The number of halogens is 1. The second-order valence-corrected chi connectivity index (χ2v) is 6.41. The molecule has 5 nitrogen and oxygen atoms in total. The summed E-state index contributed by atoms with van der Waals surface area (Å²) < 4.78 is 5.75. The van der Waals surface area contributed by atoms with Crippen LogP contribution in [0.3, 0.4) is 0 Å². The molecule has 0 saturated heterocycles. The lowest BCUT2D eigenvalue weighted by Gasteiger charge is -2.13. The SMILES string of the molecule is Cc1cc(C)c(NC(=O)NCCOc2cccc3cccnc23)c(Cl)c1. The van der Waals surface area contributed by atoms with Gasteiger partial charge in [0.1, 0.15) is 17.9 Å². The minimum absolute atomic E-state index is 0.321. The van der Waals surface area contributed by atoms with Crippen LogP contribution in [-0.4, -0.2) is 24.2 Å². The van der Waals surface area contributed by atoms with Gasteiger partial charge in [-0.25, -0.2) is 4.79 Å². The first-order valence-electron chi connectivity index (χ1n) is 8.33. The van der Waals surface area contributed by atoms with Crippen LogP contribution >= 0.6 is 11.6 Å². The first kappa shape index (κ1) is 18.0. The fourth-order valence-corrected chi connectivity index (χ4v) is 3.12. The smallest absolute Gasteiger partial charge is 0.319 e. The van der Waals surface area contributed by atoms with E-state index in [1.165, 1.54) is 0 Å². The van der Waals surface area contributed by atoms with E-state index in [0.717, 1.165) is 22.0 Å². The lowest BCUT2D eigenvalue weighted by Crippen LogP contribution is -2.32. The molecular formula is C20H20ClN3O2. The molecular weight excluding hydrogens is 350 g/mol. The summed E-state index contributed by atoms with van der Waals surface area (Å²) in [5.74, 6) is 0.697. The highest BCUT2D eigenvalue weighted by molar-refractivity contribution is 6.34. The Morgan fingerprint density at radius 3 is 2.81 bits per heavy atom. The summed E-state index contributed by atoms with van der Waals surface area (Å²) in [6.07, 6.45) is 1.73. The Hall–Kier alpha value is -2.79. The zero-order valence-electron chi connectivity index (χ0n) is 14.7. The highest BCUT2D eigenvalue weighted by atomic mass is 35.5. The molecule has 0 atom stereocenters. The van der Waals surface area contributed by atoms with Crippen molar-refractivity contribution in [3.63, 3.8) is 0 Å². The Morgan fingerprint density at radius 2 is 2.00 bits per heavy atom. The van der Waals surface area contributed by atoms with Gasteiger partial charge in [0.2, 0.25) is 0 Å². The number of benzene rings is 2. The number of hydrogen-bond acceptors (Lipinski definition) is 3. The average molecular weight is 370 g/mol. The molecule has 3 rings (SSSR count). The van der Waals surface area contributed by atoms with Gasteiger partial charge in [-0.15, -0.1) is 0 Å². The molecule has 6 heteroatoms. The minimum Gasteiger partial charge on any atom is -0.489 e. The first-order chi connectivity index (χ1) is 12.5. The molecule has 3 aromatic rings. The number of aromatic nitrogens is 1. The number of nitrogens with zero attached hydrogens (tertiary/aromatic N) is 1. The zero-order chi connectivity index (χ0) is 18.5. The molecule has 0 fully saturated rings. The lowest BCUT2D eigenvalue weighted by molar-refractivity contribution is 0.247. The Kier molecular flexibility index (Phi) is 5.58. The predicted octanol–water partition coefficient (Wildman–Crippen LogP) is 4.71. The Balaban J connectivity index is 1.53. The van der Waals surface area contributed by atoms with Gasteiger partial charge in [0.15, 0.2) is 0 Å². The molecule has 0 saturated carbocycles. The van der Waals surface area contributed by atoms with Crippen LogP contribution in [0.15, 0.2) is 48.7 Å². The average Bonchev–Trinajstić information content (AvgIpc) is 2.62. The number of para-hydroxylation sites is 1. The molecule has 0 radical (unpaired) electrons. The quantitative estimate of drug-likeness (QED) is 0.640. The molecule has 0 aliphatic carbocycles. The van der Waals surface area contributed by atoms with Crippen LogP contribution in [0.2, 0.25) is 5.02 Å². The second kappa shape index (κ2) is 8.06. The van der Waals surface area contributed by atoms with Gasteiger partial charge in [-0.1, -0.05) is 35.9 Å². The molecule has 2 amide bonds. The van der Waals surface area contributed by atoms with E-state index >= 15 is 0 Å². The maximum Gasteiger partial charge on any atom is 0.319 e. The molecule has 134 valence electrons. The Morgan fingerprint density at radius 1 is 1.19 bits per heavy atom. The van der Waals surface area contributed by atoms with Crippen LogP contribution in [-0.2, 0) is 0 Å². The van der Waals surface area contributed by atoms with Crippen molar-refractivity contribution in [2.24, 2.45) is 0 Å². The predicted molar refractivity (Wildman–Crippen MR) is 105 cm³/mol. The van der Waals surface area contributed by atoms with E-state index in [0.29, 0.717) is 29.6 Å². The number of urea groups is 1. The van der Waals surface area contributed by atoms with E-state index in [4.69, 9.17) is 16.3 Å². The van der Waals surface area contributed by atoms with Crippen molar-refractivity contribution in [3.05, 3.63) is 64.8 Å². The van der Waals surface area contributed by atoms with Crippen molar-refractivity contribution in [2.75, 3.05) is 18.5 Å². The molecule has 0 bridgehead atoms. The molecule has 1 aromatic heterocycles. The highest BCUT2D eigenvalue weighted by Crippen LogP contribution is 2.27. The summed E-state index contributed by atoms with van der Waals surface area (Å²) in [6.45, 7) is 4.56. The number of anilines is 1. The lowest BCUT2D eigenvalue weighted by atomic mass is 10.1. The third kappa shape index (κ3) is 4.24. The van der Waals surface area contributed by atoms with E-state index < -0.39 is 0 Å². The van der Waals surface area contributed by atoms with Crippen molar-refractivity contribution in [1.29, 1.82) is 0 Å². The van der Waals surface area contributed by atoms with Gasteiger partial charge >= 0.3 is 6.03 Å². The van der Waals surface area contributed by atoms with Gasteiger partial charge in [-0.3, -0.25) is 4.98 Å². The van der Waals surface area contributed by atoms with Gasteiger partial charge in [0.05, 0.1) is 17.3 Å². The number of carbonyl (C=O) groups is 1. The van der Waals surface area contributed by atoms with Crippen LogP contribution in [0.1, 0.15) is 11.1 Å². The molecule has 0 spiro atoms. The van der Waals surface area contributed by atoms with Crippen LogP contribution < -0.4 is 15.4 Å². The summed E-state index contributed by atoms with van der Waals surface area (Å²) in [4.78, 5) is 16.4. The van der Waals surface area contributed by atoms with Crippen molar-refractivity contribution >= 4 is 34.2 Å². The minimum atomic E-state index is -0.321. The summed E-state index contributed by atoms with van der Waals surface area (Å²) in [6, 6.07) is 13.1. The van der Waals surface area contributed by atoms with Crippen molar-refractivity contribution in [3.8, 4) is 5.75 Å². The van der Waals surface area contributed by atoms with Crippen LogP contribution in [0, 0.1) is 13.8 Å². The molecule has 2 aromatic carbocycles. The zero-order valence-corrected chi connectivity index (χ0v) is 15.4. The first-order valence-corrected chi connectivity index (χ1v) is 8.70. The standard InChI is InChI=1S/C20H20ClN3O2/c1-13-11-14(2)18(16(21)12-13)24-20(25)23-9-10-26-17-7-3-5-15-6-4-8-22-19(15)17/h3-8,11-12H,9-10H2,1-2H3,(H2,23,24,25). The van der Waals surface area contributed by atoms with E-state index in [2.05, 4.69) is 15.6 Å². The Labute approximate surface area is 157 Å². The molecule has 2 N–H and O–H groups in total. The van der Waals surface area contributed by atoms with E-state index in [1.807, 2.05) is 56.3 Å². The number of carbonyl (C=O) groups excluding carboxylic acids is 1. The number of nitrogens with one attached hydrogen (secondary N) is 2. The normalized spacial score (nSPS) is 10.6. The summed E-state index contributed by atoms with van der Waals surface area (Å²) in [7, 11) is 0. The molecule has 26 heavy (non-hydrogen) atoms. The monoisotopic (exact) mass is 369 g/mol. The summed E-state index contributed by atoms with van der Waals surface area (Å²) >= 11 is 6.20. The number of aryl methyl sites for hydroxylation is 2. The number of rotatable bonds is 5. The Bertz CT molecular complexity index is 915. The number of amides is 2. The highest BCUT2D eigenvalue weighted by Gasteiger charge is 2.09. The van der Waals surface area contributed by atoms with Crippen molar-refractivity contribution in [1.82, 2.24) is 10.3 Å². The maximum absolute atomic E-state index is 12.1. The molecule has 1 heterocycles. The van der Waals surface area contributed by atoms with Gasteiger partial charge < -0.3 is 15.4 Å². The second-order valence-electron chi connectivity index (χ2n) is 6.00. The number of fused-ring (bicyclic) bond motifs is 1.